The van der Waals surface area contributed by atoms with Crippen LogP contribution < -0.4 is 15.4 Å². The summed E-state index contributed by atoms with van der Waals surface area (Å²) in [5.74, 6) is 1.72. The van der Waals surface area contributed by atoms with Gasteiger partial charge in [-0.3, -0.25) is 4.99 Å². The Hall–Kier alpha value is -1.06. The molecule has 7 heteroatoms. The van der Waals surface area contributed by atoms with Gasteiger partial charge in [-0.05, 0) is 38.3 Å². The first-order chi connectivity index (χ1) is 12.7. The second-order valence-corrected chi connectivity index (χ2v) is 6.06. The molecule has 0 spiro atoms. The minimum atomic E-state index is 0. The summed E-state index contributed by atoms with van der Waals surface area (Å²) in [4.78, 5) is 4.28. The summed E-state index contributed by atoms with van der Waals surface area (Å²) < 4.78 is 16.3. The van der Waals surface area contributed by atoms with Crippen LogP contribution in [-0.4, -0.2) is 53.1 Å². The molecule has 0 heterocycles. The van der Waals surface area contributed by atoms with Crippen molar-refractivity contribution in [3.63, 3.8) is 0 Å². The fourth-order valence-electron chi connectivity index (χ4n) is 2.41. The third kappa shape index (κ3) is 12.1. The van der Waals surface area contributed by atoms with Crippen LogP contribution >= 0.6 is 24.0 Å². The number of methoxy groups -OCH3 is 1. The number of unbranched alkanes of at least 4 members (excludes halogenated alkanes) is 1. The van der Waals surface area contributed by atoms with Gasteiger partial charge < -0.3 is 24.8 Å². The average Bonchev–Trinajstić information content (AvgIpc) is 2.65. The lowest BCUT2D eigenvalue weighted by Crippen LogP contribution is -2.37. The number of hydrogen-bond donors (Lipinski definition) is 2. The normalized spacial score (nSPS) is 11.0. The topological polar surface area (TPSA) is 64.1 Å². The molecule has 0 aliphatic carbocycles. The van der Waals surface area contributed by atoms with Crippen LogP contribution in [0.3, 0.4) is 0 Å². The summed E-state index contributed by atoms with van der Waals surface area (Å²) in [6.07, 6.45) is 2.98. The number of nitrogens with one attached hydrogen (secondary N) is 2. The second-order valence-electron chi connectivity index (χ2n) is 6.06. The van der Waals surface area contributed by atoms with Crippen molar-refractivity contribution in [3.8, 4) is 5.75 Å². The highest BCUT2D eigenvalue weighted by Gasteiger charge is 2.06. The van der Waals surface area contributed by atoms with Crippen molar-refractivity contribution >= 4 is 29.9 Å². The molecule has 1 aromatic rings. The van der Waals surface area contributed by atoms with Gasteiger partial charge in [0.15, 0.2) is 5.96 Å². The van der Waals surface area contributed by atoms with Gasteiger partial charge in [0.1, 0.15) is 5.75 Å². The Labute approximate surface area is 181 Å². The molecule has 0 aliphatic heterocycles. The summed E-state index contributed by atoms with van der Waals surface area (Å²) in [5, 5.41) is 6.69. The first-order valence-electron chi connectivity index (χ1n) is 9.44. The maximum absolute atomic E-state index is 5.93. The fourth-order valence-corrected chi connectivity index (χ4v) is 2.41. The highest BCUT2D eigenvalue weighted by Crippen LogP contribution is 2.20. The van der Waals surface area contributed by atoms with Crippen molar-refractivity contribution in [1.82, 2.24) is 10.6 Å². The van der Waals surface area contributed by atoms with E-state index in [4.69, 9.17) is 14.2 Å². The van der Waals surface area contributed by atoms with Crippen LogP contribution in [0, 0.1) is 6.92 Å². The van der Waals surface area contributed by atoms with Crippen molar-refractivity contribution < 1.29 is 14.2 Å². The highest BCUT2D eigenvalue weighted by molar-refractivity contribution is 14.0. The zero-order chi connectivity index (χ0) is 19.0. The van der Waals surface area contributed by atoms with Crippen LogP contribution in [-0.2, 0) is 16.0 Å². The molecule has 6 nitrogen and oxygen atoms in total. The predicted molar refractivity (Wildman–Crippen MR) is 123 cm³/mol. The number of guanidine groups is 1. The Balaban J connectivity index is 0.00000676. The van der Waals surface area contributed by atoms with Gasteiger partial charge in [0, 0.05) is 59.1 Å². The molecule has 0 fully saturated rings. The standard InChI is InChI=1S/C20H35N3O3.HI/c1-5-25-13-7-6-11-22-20(21-3)23-16-18-10-9-17(2)15-19(18)26-14-8-12-24-4;/h9-10,15H,5-8,11-14,16H2,1-4H3,(H2,21,22,23);1H. The van der Waals surface area contributed by atoms with Crippen LogP contribution in [0.2, 0.25) is 0 Å². The molecule has 0 aliphatic rings. The lowest BCUT2D eigenvalue weighted by atomic mass is 10.1. The van der Waals surface area contributed by atoms with E-state index in [0.29, 0.717) is 19.8 Å². The summed E-state index contributed by atoms with van der Waals surface area (Å²) in [6.45, 7) is 8.59. The molecular weight excluding hydrogens is 457 g/mol. The van der Waals surface area contributed by atoms with Gasteiger partial charge in [0.05, 0.1) is 6.61 Å². The predicted octanol–water partition coefficient (Wildman–Crippen LogP) is 3.51. The zero-order valence-corrected chi connectivity index (χ0v) is 19.5. The Bertz CT molecular complexity index is 527. The molecule has 0 saturated carbocycles. The maximum atomic E-state index is 5.93. The quantitative estimate of drug-likeness (QED) is 0.191. The van der Waals surface area contributed by atoms with Gasteiger partial charge in [-0.25, -0.2) is 0 Å². The maximum Gasteiger partial charge on any atom is 0.191 e. The molecule has 2 N–H and O–H groups in total. The van der Waals surface area contributed by atoms with Crippen LogP contribution in [0.4, 0.5) is 0 Å². The van der Waals surface area contributed by atoms with E-state index >= 15 is 0 Å². The molecular formula is C20H36IN3O3. The third-order valence-electron chi connectivity index (χ3n) is 3.85. The summed E-state index contributed by atoms with van der Waals surface area (Å²) >= 11 is 0. The number of benzene rings is 1. The first kappa shape index (κ1) is 25.9. The molecule has 0 atom stereocenters. The number of rotatable bonds is 13. The second kappa shape index (κ2) is 17.1. The largest absolute Gasteiger partial charge is 0.493 e. The van der Waals surface area contributed by atoms with Gasteiger partial charge in [-0.2, -0.15) is 0 Å². The van der Waals surface area contributed by atoms with Crippen LogP contribution in [0.15, 0.2) is 23.2 Å². The number of halogens is 1. The van der Waals surface area contributed by atoms with E-state index in [1.165, 1.54) is 5.56 Å². The fraction of sp³-hybridized carbons (Fsp3) is 0.650. The van der Waals surface area contributed by atoms with E-state index < -0.39 is 0 Å². The molecule has 156 valence electrons. The molecule has 0 bridgehead atoms. The van der Waals surface area contributed by atoms with Gasteiger partial charge in [-0.15, -0.1) is 24.0 Å². The molecule has 27 heavy (non-hydrogen) atoms. The lowest BCUT2D eigenvalue weighted by molar-refractivity contribution is 0.143. The number of ether oxygens (including phenoxy) is 3. The summed E-state index contributed by atoms with van der Waals surface area (Å²) in [7, 11) is 3.49. The minimum absolute atomic E-state index is 0. The molecule has 0 aromatic heterocycles. The van der Waals surface area contributed by atoms with E-state index in [2.05, 4.69) is 40.7 Å². The van der Waals surface area contributed by atoms with Crippen LogP contribution in [0.25, 0.3) is 0 Å². The smallest absolute Gasteiger partial charge is 0.191 e. The third-order valence-corrected chi connectivity index (χ3v) is 3.85. The minimum Gasteiger partial charge on any atom is -0.493 e. The summed E-state index contributed by atoms with van der Waals surface area (Å²) in [5.41, 5.74) is 2.31. The number of hydrogen-bond acceptors (Lipinski definition) is 4. The SMILES string of the molecule is CCOCCCCNC(=NC)NCc1ccc(C)cc1OCCCOC.I. The van der Waals surface area contributed by atoms with E-state index in [-0.39, 0.29) is 24.0 Å². The highest BCUT2D eigenvalue weighted by atomic mass is 127. The molecule has 0 saturated heterocycles. The van der Waals surface area contributed by atoms with E-state index in [1.807, 2.05) is 6.92 Å². The number of aliphatic imine (C=N–C) groups is 1. The zero-order valence-electron chi connectivity index (χ0n) is 17.2. The number of nitrogens with zero attached hydrogens (tertiary/aromatic N) is 1. The van der Waals surface area contributed by atoms with Gasteiger partial charge in [0.25, 0.3) is 0 Å². The Kier molecular flexibility index (Phi) is 16.4. The molecule has 0 radical (unpaired) electrons. The van der Waals surface area contributed by atoms with Crippen LogP contribution in [0.1, 0.15) is 37.3 Å². The van der Waals surface area contributed by atoms with E-state index in [9.17, 15) is 0 Å². The first-order valence-corrected chi connectivity index (χ1v) is 9.44. The average molecular weight is 493 g/mol. The van der Waals surface area contributed by atoms with Crippen LogP contribution in [0.5, 0.6) is 5.75 Å². The van der Waals surface area contributed by atoms with Crippen molar-refractivity contribution in [2.24, 2.45) is 4.99 Å². The lowest BCUT2D eigenvalue weighted by Gasteiger charge is -2.15. The molecule has 0 amide bonds. The van der Waals surface area contributed by atoms with Crippen molar-refractivity contribution in [1.29, 1.82) is 0 Å². The number of aryl methyl sites for hydroxylation is 1. The monoisotopic (exact) mass is 493 g/mol. The van der Waals surface area contributed by atoms with Crippen molar-refractivity contribution in [2.75, 3.05) is 47.1 Å². The Morgan fingerprint density at radius 1 is 1.07 bits per heavy atom. The Morgan fingerprint density at radius 3 is 2.59 bits per heavy atom. The summed E-state index contributed by atoms with van der Waals surface area (Å²) in [6, 6.07) is 6.28. The molecule has 1 rings (SSSR count). The molecule has 1 aromatic carbocycles. The van der Waals surface area contributed by atoms with Gasteiger partial charge in [0.2, 0.25) is 0 Å². The van der Waals surface area contributed by atoms with Crippen molar-refractivity contribution in [3.05, 3.63) is 29.3 Å². The van der Waals surface area contributed by atoms with Gasteiger partial charge >= 0.3 is 0 Å². The Morgan fingerprint density at radius 2 is 1.89 bits per heavy atom. The van der Waals surface area contributed by atoms with Gasteiger partial charge in [-0.1, -0.05) is 12.1 Å². The van der Waals surface area contributed by atoms with E-state index in [0.717, 1.165) is 56.3 Å². The van der Waals surface area contributed by atoms with E-state index in [1.54, 1.807) is 14.2 Å². The molecule has 0 unspecified atom stereocenters. The van der Waals surface area contributed by atoms with Crippen molar-refractivity contribution in [2.45, 2.75) is 39.7 Å².